The first-order valence-electron chi connectivity index (χ1n) is 6.12. The number of halogens is 2. The highest BCUT2D eigenvalue weighted by Gasteiger charge is 2.28. The van der Waals surface area contributed by atoms with Gasteiger partial charge in [0.05, 0.1) is 0 Å². The molecule has 1 nitrogen and oxygen atoms in total. The first kappa shape index (κ1) is 15.7. The zero-order chi connectivity index (χ0) is 14.1. The van der Waals surface area contributed by atoms with Gasteiger partial charge in [0, 0.05) is 0 Å². The zero-order valence-corrected chi connectivity index (χ0v) is 13.5. The van der Waals surface area contributed by atoms with Crippen LogP contribution in [0.3, 0.4) is 0 Å². The van der Waals surface area contributed by atoms with Gasteiger partial charge in [-0.3, -0.25) is 0 Å². The molecule has 0 heterocycles. The lowest BCUT2D eigenvalue weighted by Crippen LogP contribution is -2.21. The van der Waals surface area contributed by atoms with E-state index in [1.807, 2.05) is 0 Å². The molecule has 1 aromatic carbocycles. The molecule has 18 heavy (non-hydrogen) atoms. The van der Waals surface area contributed by atoms with Gasteiger partial charge in [-0.05, 0) is 22.0 Å². The molecule has 0 aromatic heterocycles. The maximum Gasteiger partial charge on any atom is 0.576 e. The summed E-state index contributed by atoms with van der Waals surface area (Å²) in [5, 5.41) is 0. The normalized spacial score (nSPS) is 12.4. The fourth-order valence-electron chi connectivity index (χ4n) is 1.93. The van der Waals surface area contributed by atoms with E-state index in [4.69, 9.17) is 27.6 Å². The Hall–Kier alpha value is -0.335. The minimum atomic E-state index is -0.852. The van der Waals surface area contributed by atoms with Crippen LogP contribution in [0.15, 0.2) is 18.2 Å². The van der Waals surface area contributed by atoms with E-state index >= 15 is 0 Å². The highest BCUT2D eigenvalue weighted by molar-refractivity contribution is 7.31. The van der Waals surface area contributed by atoms with Crippen molar-refractivity contribution in [2.75, 3.05) is 0 Å². The molecule has 0 saturated carbocycles. The molecule has 0 unspecified atom stereocenters. The molecule has 0 N–H and O–H groups in total. The zero-order valence-electron chi connectivity index (χ0n) is 12.0. The summed E-state index contributed by atoms with van der Waals surface area (Å²) in [6.07, 6.45) is 0. The minimum absolute atomic E-state index is 0.0146. The van der Waals surface area contributed by atoms with Crippen molar-refractivity contribution in [3.8, 4) is 5.75 Å². The molecular weight excluding hydrogens is 266 g/mol. The van der Waals surface area contributed by atoms with Crippen LogP contribution in [0.2, 0.25) is 0 Å². The number of hydrogen-bond acceptors (Lipinski definition) is 1. The van der Waals surface area contributed by atoms with E-state index in [1.165, 1.54) is 0 Å². The minimum Gasteiger partial charge on any atom is -0.533 e. The lowest BCUT2D eigenvalue weighted by atomic mass is 9.79. The highest BCUT2D eigenvalue weighted by Crippen LogP contribution is 2.40. The lowest BCUT2D eigenvalue weighted by Gasteiger charge is -2.29. The summed E-state index contributed by atoms with van der Waals surface area (Å²) < 4.78 is 5.66. The van der Waals surface area contributed by atoms with Gasteiger partial charge < -0.3 is 4.65 Å². The molecule has 1 rings (SSSR count). The van der Waals surface area contributed by atoms with E-state index in [9.17, 15) is 0 Å². The summed E-state index contributed by atoms with van der Waals surface area (Å²) in [6.45, 7) is 12.9. The third-order valence-corrected chi connectivity index (χ3v) is 3.02. The second kappa shape index (κ2) is 5.34. The van der Waals surface area contributed by atoms with Crippen LogP contribution in [-0.2, 0) is 10.8 Å². The predicted molar refractivity (Wildman–Crippen MR) is 81.9 cm³/mol. The van der Waals surface area contributed by atoms with Crippen LogP contribution in [0.5, 0.6) is 5.75 Å². The van der Waals surface area contributed by atoms with Gasteiger partial charge in [-0.2, -0.15) is 0 Å². The Balaban J connectivity index is 3.45. The Kier molecular flexibility index (Phi) is 4.67. The largest absolute Gasteiger partial charge is 0.576 e. The van der Waals surface area contributed by atoms with E-state index in [0.29, 0.717) is 0 Å². The molecule has 0 aliphatic rings. The van der Waals surface area contributed by atoms with E-state index in [1.54, 1.807) is 0 Å². The molecule has 0 saturated heterocycles. The summed E-state index contributed by atoms with van der Waals surface area (Å²) in [4.78, 5) is 0. The molecule has 0 aliphatic heterocycles. The third-order valence-electron chi connectivity index (χ3n) is 2.84. The molecule has 0 atom stereocenters. The van der Waals surface area contributed by atoms with Gasteiger partial charge in [-0.15, -0.1) is 22.9 Å². The van der Waals surface area contributed by atoms with Crippen LogP contribution in [0.1, 0.15) is 52.7 Å². The monoisotopic (exact) mass is 286 g/mol. The maximum atomic E-state index is 5.80. The molecule has 0 bridgehead atoms. The number of hydrogen-bond donors (Lipinski definition) is 0. The highest BCUT2D eigenvalue weighted by atomic mass is 35.5. The molecule has 0 radical (unpaired) electrons. The second-order valence-corrected chi connectivity index (χ2v) is 7.58. The molecule has 0 spiro atoms. The quantitative estimate of drug-likeness (QED) is 0.686. The van der Waals surface area contributed by atoms with Gasteiger partial charge in [0.2, 0.25) is 0 Å². The van der Waals surface area contributed by atoms with Gasteiger partial charge in [0.1, 0.15) is 5.75 Å². The van der Waals surface area contributed by atoms with Crippen LogP contribution in [0.25, 0.3) is 0 Å². The number of para-hydroxylation sites is 1. The van der Waals surface area contributed by atoms with Crippen molar-refractivity contribution >= 4 is 28.7 Å². The first-order valence-corrected chi connectivity index (χ1v) is 6.99. The van der Waals surface area contributed by atoms with Gasteiger partial charge in [0.25, 0.3) is 0 Å². The van der Waals surface area contributed by atoms with Crippen molar-refractivity contribution in [3.05, 3.63) is 29.3 Å². The molecule has 1 aromatic rings. The Bertz CT molecular complexity index is 385. The van der Waals surface area contributed by atoms with Crippen LogP contribution in [0.4, 0.5) is 0 Å². The van der Waals surface area contributed by atoms with E-state index in [2.05, 4.69) is 59.7 Å². The Labute approximate surface area is 121 Å². The molecule has 0 fully saturated rings. The molecular formula is C14H21BCl2O. The Morgan fingerprint density at radius 3 is 1.56 bits per heavy atom. The fraction of sp³-hybridized carbons (Fsp3) is 0.571. The van der Waals surface area contributed by atoms with Crippen molar-refractivity contribution in [3.63, 3.8) is 0 Å². The molecule has 0 aliphatic carbocycles. The van der Waals surface area contributed by atoms with Gasteiger partial charge in [-0.25, -0.2) is 0 Å². The average molecular weight is 287 g/mol. The van der Waals surface area contributed by atoms with Gasteiger partial charge in [-0.1, -0.05) is 59.7 Å². The second-order valence-electron chi connectivity index (χ2n) is 6.56. The average Bonchev–Trinajstić information content (AvgIpc) is 2.13. The Morgan fingerprint density at radius 1 is 0.889 bits per heavy atom. The summed E-state index contributed by atoms with van der Waals surface area (Å²) in [5.74, 6) is -0.0397. The van der Waals surface area contributed by atoms with E-state index in [0.717, 1.165) is 16.9 Å². The fourth-order valence-corrected chi connectivity index (χ4v) is 2.11. The van der Waals surface area contributed by atoms with Crippen LogP contribution in [-0.4, -0.2) is 5.75 Å². The number of benzene rings is 1. The van der Waals surface area contributed by atoms with E-state index in [-0.39, 0.29) is 10.8 Å². The number of rotatable bonds is 2. The summed E-state index contributed by atoms with van der Waals surface area (Å²) in [7, 11) is 0. The van der Waals surface area contributed by atoms with Gasteiger partial charge in [0.15, 0.2) is 0 Å². The van der Waals surface area contributed by atoms with Crippen molar-refractivity contribution in [1.29, 1.82) is 0 Å². The van der Waals surface area contributed by atoms with Crippen molar-refractivity contribution < 1.29 is 4.65 Å². The molecule has 0 amide bonds. The smallest absolute Gasteiger partial charge is 0.533 e. The maximum absolute atomic E-state index is 5.80. The predicted octanol–water partition coefficient (Wildman–Crippen LogP) is 5.12. The van der Waals surface area contributed by atoms with Crippen LogP contribution in [0, 0.1) is 0 Å². The summed E-state index contributed by atoms with van der Waals surface area (Å²) >= 11 is 11.6. The van der Waals surface area contributed by atoms with Crippen molar-refractivity contribution in [2.24, 2.45) is 0 Å². The SMILES string of the molecule is CC(C)(C)c1cccc(C(C)(C)C)c1OB(Cl)Cl. The molecule has 4 heteroatoms. The van der Waals surface area contributed by atoms with Gasteiger partial charge >= 0.3 is 5.75 Å². The first-order chi connectivity index (χ1) is 8.03. The van der Waals surface area contributed by atoms with E-state index < -0.39 is 5.75 Å². The standard InChI is InChI=1S/C14H21BCl2O/c1-13(2,3)10-8-7-9-11(14(4,5)6)12(10)18-15(16)17/h7-9H,1-6H3. The topological polar surface area (TPSA) is 9.23 Å². The van der Waals surface area contributed by atoms with Crippen molar-refractivity contribution in [2.45, 2.75) is 52.4 Å². The lowest BCUT2D eigenvalue weighted by molar-refractivity contribution is 0.496. The summed E-state index contributed by atoms with van der Waals surface area (Å²) in [5.41, 5.74) is 2.22. The Morgan fingerprint density at radius 2 is 1.28 bits per heavy atom. The summed E-state index contributed by atoms with van der Waals surface area (Å²) in [6, 6.07) is 6.20. The third kappa shape index (κ3) is 3.83. The van der Waals surface area contributed by atoms with Crippen LogP contribution < -0.4 is 4.65 Å². The van der Waals surface area contributed by atoms with Crippen molar-refractivity contribution in [1.82, 2.24) is 0 Å². The van der Waals surface area contributed by atoms with Crippen LogP contribution >= 0.6 is 22.9 Å². The molecule has 100 valence electrons.